The van der Waals surface area contributed by atoms with Gasteiger partial charge in [-0.05, 0) is 24.1 Å². The first kappa shape index (κ1) is 14.8. The van der Waals surface area contributed by atoms with E-state index in [1.54, 1.807) is 10.8 Å². The molecule has 0 aliphatic carbocycles. The minimum absolute atomic E-state index is 0.186. The Morgan fingerprint density at radius 3 is 2.73 bits per heavy atom. The van der Waals surface area contributed by atoms with Crippen LogP contribution in [0.25, 0.3) is 5.57 Å². The van der Waals surface area contributed by atoms with E-state index in [1.165, 1.54) is 12.1 Å². The summed E-state index contributed by atoms with van der Waals surface area (Å²) in [5, 5.41) is 9.86. The molecule has 0 aromatic heterocycles. The van der Waals surface area contributed by atoms with E-state index in [9.17, 15) is 22.7 Å². The van der Waals surface area contributed by atoms with Gasteiger partial charge in [0.1, 0.15) is 18.0 Å². The number of hydrogen-bond donors (Lipinski definition) is 2. The van der Waals surface area contributed by atoms with Crippen molar-refractivity contribution in [3.05, 3.63) is 29.6 Å². The number of ether oxygens (including phenoxy) is 1. The van der Waals surface area contributed by atoms with Gasteiger partial charge in [0.25, 0.3) is 5.91 Å². The van der Waals surface area contributed by atoms with E-state index >= 15 is 0 Å². The first-order chi connectivity index (χ1) is 10.4. The maximum atomic E-state index is 14.8. The van der Waals surface area contributed by atoms with Crippen LogP contribution in [0.2, 0.25) is 0 Å². The summed E-state index contributed by atoms with van der Waals surface area (Å²) in [7, 11) is -4.19. The summed E-state index contributed by atoms with van der Waals surface area (Å²) in [6.45, 7) is 0.203. The fourth-order valence-corrected chi connectivity index (χ4v) is 3.62. The van der Waals surface area contributed by atoms with Crippen molar-refractivity contribution in [2.45, 2.75) is 6.42 Å². The summed E-state index contributed by atoms with van der Waals surface area (Å²) in [5.74, 6) is -2.21. The highest BCUT2D eigenvalue weighted by Crippen LogP contribution is 2.38. The molecule has 0 saturated carbocycles. The van der Waals surface area contributed by atoms with Crippen LogP contribution < -0.4 is 9.03 Å². The van der Waals surface area contributed by atoms with Crippen LogP contribution in [0.3, 0.4) is 0 Å². The first-order valence-electron chi connectivity index (χ1n) is 6.52. The van der Waals surface area contributed by atoms with E-state index < -0.39 is 39.9 Å². The number of nitrogens with one attached hydrogen (secondary N) is 1. The second-order valence-electron chi connectivity index (χ2n) is 4.89. The fraction of sp³-hybridized carbons (Fsp3) is 0.308. The summed E-state index contributed by atoms with van der Waals surface area (Å²) in [6, 6.07) is 2.59. The minimum atomic E-state index is -4.19. The molecule has 1 aromatic carbocycles. The molecule has 9 heteroatoms. The summed E-state index contributed by atoms with van der Waals surface area (Å²) in [6.07, 6.45) is 2.18. The summed E-state index contributed by atoms with van der Waals surface area (Å²) < 4.78 is 45.9. The molecule has 0 atom stereocenters. The number of anilines is 1. The summed E-state index contributed by atoms with van der Waals surface area (Å²) >= 11 is 0. The molecule has 0 unspecified atom stereocenters. The topological polar surface area (TPSA) is 95.9 Å². The van der Waals surface area contributed by atoms with Gasteiger partial charge in [-0.2, -0.15) is 8.42 Å². The molecule has 0 spiro atoms. The third-order valence-electron chi connectivity index (χ3n) is 3.47. The fourth-order valence-electron chi connectivity index (χ4n) is 2.46. The predicted octanol–water partition coefficient (Wildman–Crippen LogP) is 0.516. The molecule has 22 heavy (non-hydrogen) atoms. The molecule has 3 rings (SSSR count). The van der Waals surface area contributed by atoms with Crippen molar-refractivity contribution < 1.29 is 27.4 Å². The number of hydrogen-bond acceptors (Lipinski definition) is 5. The molecule has 2 aliphatic rings. The number of phenols is 1. The molecule has 1 saturated heterocycles. The monoisotopic (exact) mass is 328 g/mol. The van der Waals surface area contributed by atoms with Crippen molar-refractivity contribution in [2.24, 2.45) is 0 Å². The lowest BCUT2D eigenvalue weighted by Crippen LogP contribution is -2.30. The van der Waals surface area contributed by atoms with Crippen LogP contribution in [-0.2, 0) is 19.7 Å². The summed E-state index contributed by atoms with van der Waals surface area (Å²) in [4.78, 5) is 11.3. The van der Waals surface area contributed by atoms with Gasteiger partial charge in [-0.15, -0.1) is 0 Å². The van der Waals surface area contributed by atoms with Gasteiger partial charge in [0, 0.05) is 5.56 Å². The van der Waals surface area contributed by atoms with Gasteiger partial charge in [0.05, 0.1) is 13.2 Å². The highest BCUT2D eigenvalue weighted by molar-refractivity contribution is 7.92. The van der Waals surface area contributed by atoms with Crippen LogP contribution in [-0.4, -0.2) is 39.2 Å². The van der Waals surface area contributed by atoms with E-state index in [0.717, 1.165) is 0 Å². The normalized spacial score (nSPS) is 20.7. The quantitative estimate of drug-likeness (QED) is 0.825. The maximum absolute atomic E-state index is 14.8. The van der Waals surface area contributed by atoms with Crippen molar-refractivity contribution in [1.82, 2.24) is 4.72 Å². The molecule has 2 N–H and O–H groups in total. The number of aromatic hydroxyl groups is 1. The third-order valence-corrected chi connectivity index (χ3v) is 4.85. The van der Waals surface area contributed by atoms with Crippen molar-refractivity contribution in [1.29, 1.82) is 0 Å². The molecule has 0 radical (unpaired) electrons. The van der Waals surface area contributed by atoms with Gasteiger partial charge < -0.3 is 9.84 Å². The lowest BCUT2D eigenvalue weighted by molar-refractivity contribution is -0.117. The Morgan fingerprint density at radius 1 is 1.36 bits per heavy atom. The van der Waals surface area contributed by atoms with Crippen LogP contribution in [0.15, 0.2) is 18.2 Å². The van der Waals surface area contributed by atoms with Gasteiger partial charge in [0.15, 0.2) is 5.82 Å². The average molecular weight is 328 g/mol. The van der Waals surface area contributed by atoms with Gasteiger partial charge in [-0.25, -0.2) is 13.4 Å². The standard InChI is InChI=1S/C13H13FN2O5S/c14-12-9(8-3-5-21-6-4-8)1-2-10(17)13(12)16-7-11(18)15-22(16,19)20/h1-3,17H,4-7H2,(H,15,18). The molecule has 2 heterocycles. The van der Waals surface area contributed by atoms with E-state index in [0.29, 0.717) is 29.5 Å². The number of phenolic OH excluding ortho intramolecular Hbond substituents is 1. The van der Waals surface area contributed by atoms with Crippen LogP contribution in [0.5, 0.6) is 5.75 Å². The number of halogens is 1. The van der Waals surface area contributed by atoms with Gasteiger partial charge in [0.2, 0.25) is 0 Å². The molecular weight excluding hydrogens is 315 g/mol. The number of carbonyl (C=O) groups is 1. The van der Waals surface area contributed by atoms with Crippen LogP contribution in [0.4, 0.5) is 10.1 Å². The molecule has 7 nitrogen and oxygen atoms in total. The number of amides is 1. The summed E-state index contributed by atoms with van der Waals surface area (Å²) in [5.41, 5.74) is 0.328. The Balaban J connectivity index is 2.12. The van der Waals surface area contributed by atoms with Crippen molar-refractivity contribution >= 4 is 27.4 Å². The smallest absolute Gasteiger partial charge is 0.326 e. The molecule has 1 aromatic rings. The molecular formula is C13H13FN2O5S. The Bertz CT molecular complexity index is 775. The van der Waals surface area contributed by atoms with Gasteiger partial charge >= 0.3 is 10.2 Å². The highest BCUT2D eigenvalue weighted by Gasteiger charge is 2.38. The van der Waals surface area contributed by atoms with E-state index in [4.69, 9.17) is 4.74 Å². The van der Waals surface area contributed by atoms with E-state index in [-0.39, 0.29) is 5.56 Å². The van der Waals surface area contributed by atoms with E-state index in [1.807, 2.05) is 0 Å². The number of rotatable bonds is 2. The molecule has 1 amide bonds. The maximum Gasteiger partial charge on any atom is 0.326 e. The molecule has 2 aliphatic heterocycles. The zero-order chi connectivity index (χ0) is 15.9. The van der Waals surface area contributed by atoms with Gasteiger partial charge in [-0.1, -0.05) is 6.08 Å². The van der Waals surface area contributed by atoms with Crippen molar-refractivity contribution in [3.63, 3.8) is 0 Å². The lowest BCUT2D eigenvalue weighted by atomic mass is 10.00. The minimum Gasteiger partial charge on any atom is -0.506 e. The van der Waals surface area contributed by atoms with Gasteiger partial charge in [-0.3, -0.25) is 4.79 Å². The number of benzene rings is 1. The van der Waals surface area contributed by atoms with Crippen LogP contribution in [0, 0.1) is 5.82 Å². The largest absolute Gasteiger partial charge is 0.506 e. The Labute approximate surface area is 126 Å². The SMILES string of the molecule is O=C1CN(c2c(O)ccc(C3=CCOCC3)c2F)S(=O)(=O)N1. The Hall–Kier alpha value is -2.13. The second-order valence-corrected chi connectivity index (χ2v) is 6.48. The van der Waals surface area contributed by atoms with E-state index in [2.05, 4.69) is 0 Å². The third kappa shape index (κ3) is 2.42. The Morgan fingerprint density at radius 2 is 2.14 bits per heavy atom. The number of carbonyl (C=O) groups excluding carboxylic acids is 1. The molecule has 0 bridgehead atoms. The average Bonchev–Trinajstić information content (AvgIpc) is 2.73. The highest BCUT2D eigenvalue weighted by atomic mass is 32.2. The zero-order valence-electron chi connectivity index (χ0n) is 11.4. The second kappa shape index (κ2) is 5.25. The predicted molar refractivity (Wildman–Crippen MR) is 75.9 cm³/mol. The van der Waals surface area contributed by atoms with Crippen molar-refractivity contribution in [3.8, 4) is 5.75 Å². The number of nitrogens with zero attached hydrogens (tertiary/aromatic N) is 1. The molecule has 1 fully saturated rings. The zero-order valence-corrected chi connectivity index (χ0v) is 12.2. The Kier molecular flexibility index (Phi) is 3.53. The van der Waals surface area contributed by atoms with Crippen LogP contribution >= 0.6 is 0 Å². The molecule has 118 valence electrons. The first-order valence-corrected chi connectivity index (χ1v) is 7.96. The van der Waals surface area contributed by atoms with Crippen molar-refractivity contribution in [2.75, 3.05) is 24.1 Å². The van der Waals surface area contributed by atoms with Crippen LogP contribution in [0.1, 0.15) is 12.0 Å². The lowest BCUT2D eigenvalue weighted by Gasteiger charge is -2.20.